The van der Waals surface area contributed by atoms with Gasteiger partial charge < -0.3 is 14.0 Å². The van der Waals surface area contributed by atoms with Gasteiger partial charge in [-0.15, -0.1) is 5.10 Å². The molecule has 108 valence electrons. The van der Waals surface area contributed by atoms with Crippen LogP contribution < -0.4 is 0 Å². The predicted molar refractivity (Wildman–Crippen MR) is 67.0 cm³/mol. The minimum absolute atomic E-state index is 0.309. The molecular formula is C10H8N6O4S. The standard InChI is InChI=1S/C10H8N6O4S/c17-8(18)4-16-10(12-14-15-16)21-5-7-11-9(13-20-7)6-2-1-3-19-6/h1-3H,4-5H2,(H,17,18). The molecule has 3 aromatic heterocycles. The fraction of sp³-hybridized carbons (Fsp3) is 0.200. The summed E-state index contributed by atoms with van der Waals surface area (Å²) < 4.78 is 11.4. The molecule has 0 fully saturated rings. The number of hydrogen-bond acceptors (Lipinski definition) is 9. The minimum atomic E-state index is -1.03. The number of carboxylic acid groups (broad SMARTS) is 1. The summed E-state index contributed by atoms with van der Waals surface area (Å²) in [7, 11) is 0. The van der Waals surface area contributed by atoms with E-state index in [-0.39, 0.29) is 6.54 Å². The zero-order valence-corrected chi connectivity index (χ0v) is 11.2. The van der Waals surface area contributed by atoms with E-state index in [1.807, 2.05) is 0 Å². The number of hydrogen-bond donors (Lipinski definition) is 1. The SMILES string of the molecule is O=C(O)Cn1nnnc1SCc1nc(-c2ccco2)no1. The van der Waals surface area contributed by atoms with Gasteiger partial charge in [-0.3, -0.25) is 4.79 Å². The van der Waals surface area contributed by atoms with E-state index in [1.165, 1.54) is 22.7 Å². The van der Waals surface area contributed by atoms with Crippen molar-refractivity contribution in [3.63, 3.8) is 0 Å². The second-order valence-electron chi connectivity index (χ2n) is 3.79. The maximum atomic E-state index is 10.7. The number of carbonyl (C=O) groups is 1. The molecule has 21 heavy (non-hydrogen) atoms. The predicted octanol–water partition coefficient (Wildman–Crippen LogP) is 0.693. The molecule has 0 unspecified atom stereocenters. The number of nitrogens with zero attached hydrogens (tertiary/aromatic N) is 6. The van der Waals surface area contributed by atoms with Crippen LogP contribution in [0.1, 0.15) is 5.89 Å². The summed E-state index contributed by atoms with van der Waals surface area (Å²) in [4.78, 5) is 14.8. The van der Waals surface area contributed by atoms with Crippen molar-refractivity contribution < 1.29 is 18.8 Å². The van der Waals surface area contributed by atoms with E-state index in [2.05, 4.69) is 25.7 Å². The fourth-order valence-electron chi connectivity index (χ4n) is 1.47. The van der Waals surface area contributed by atoms with E-state index >= 15 is 0 Å². The van der Waals surface area contributed by atoms with Crippen molar-refractivity contribution in [3.8, 4) is 11.6 Å². The maximum absolute atomic E-state index is 10.7. The second-order valence-corrected chi connectivity index (χ2v) is 4.73. The fourth-order valence-corrected chi connectivity index (χ4v) is 2.19. The molecule has 0 aliphatic heterocycles. The Hall–Kier alpha value is -2.69. The number of tetrazole rings is 1. The normalized spacial score (nSPS) is 10.9. The molecule has 3 heterocycles. The molecular weight excluding hydrogens is 300 g/mol. The number of rotatable bonds is 6. The highest BCUT2D eigenvalue weighted by Crippen LogP contribution is 2.21. The highest BCUT2D eigenvalue weighted by Gasteiger charge is 2.14. The first-order chi connectivity index (χ1) is 10.2. The molecule has 0 radical (unpaired) electrons. The van der Waals surface area contributed by atoms with Crippen molar-refractivity contribution >= 4 is 17.7 Å². The average Bonchev–Trinajstić information content (AvgIpc) is 3.17. The van der Waals surface area contributed by atoms with Crippen LogP contribution in [0.2, 0.25) is 0 Å². The molecule has 0 saturated carbocycles. The quantitative estimate of drug-likeness (QED) is 0.648. The molecule has 0 spiro atoms. The Morgan fingerprint density at radius 3 is 3.14 bits per heavy atom. The Morgan fingerprint density at radius 1 is 1.48 bits per heavy atom. The zero-order chi connectivity index (χ0) is 14.7. The summed E-state index contributed by atoms with van der Waals surface area (Å²) in [6.45, 7) is -0.309. The molecule has 0 amide bonds. The van der Waals surface area contributed by atoms with Gasteiger partial charge in [-0.2, -0.15) is 4.98 Å². The maximum Gasteiger partial charge on any atom is 0.325 e. The number of aliphatic carboxylic acids is 1. The number of aromatic nitrogens is 6. The summed E-state index contributed by atoms with van der Waals surface area (Å²) in [5.41, 5.74) is 0. The van der Waals surface area contributed by atoms with Crippen molar-refractivity contribution in [2.75, 3.05) is 0 Å². The third-order valence-electron chi connectivity index (χ3n) is 2.32. The first-order valence-corrected chi connectivity index (χ1v) is 6.68. The van der Waals surface area contributed by atoms with Gasteiger partial charge in [0.15, 0.2) is 5.76 Å². The van der Waals surface area contributed by atoms with Crippen LogP contribution in [0.15, 0.2) is 32.5 Å². The van der Waals surface area contributed by atoms with Crippen LogP contribution in [0.3, 0.4) is 0 Å². The monoisotopic (exact) mass is 308 g/mol. The Kier molecular flexibility index (Phi) is 3.64. The lowest BCUT2D eigenvalue weighted by molar-refractivity contribution is -0.138. The molecule has 1 N–H and O–H groups in total. The highest BCUT2D eigenvalue weighted by atomic mass is 32.2. The Bertz CT molecular complexity index is 736. The van der Waals surface area contributed by atoms with E-state index in [0.29, 0.717) is 28.4 Å². The van der Waals surface area contributed by atoms with Gasteiger partial charge in [0.25, 0.3) is 0 Å². The average molecular weight is 308 g/mol. The van der Waals surface area contributed by atoms with Crippen LogP contribution in [-0.4, -0.2) is 41.4 Å². The van der Waals surface area contributed by atoms with E-state index in [9.17, 15) is 4.79 Å². The van der Waals surface area contributed by atoms with Gasteiger partial charge in [0.1, 0.15) is 6.54 Å². The smallest absolute Gasteiger partial charge is 0.325 e. The Balaban J connectivity index is 1.66. The van der Waals surface area contributed by atoms with Crippen molar-refractivity contribution in [1.82, 2.24) is 30.3 Å². The summed E-state index contributed by atoms with van der Waals surface area (Å²) in [5, 5.41) is 23.6. The summed E-state index contributed by atoms with van der Waals surface area (Å²) >= 11 is 1.20. The lowest BCUT2D eigenvalue weighted by Gasteiger charge is -1.98. The van der Waals surface area contributed by atoms with Crippen LogP contribution in [0.4, 0.5) is 0 Å². The van der Waals surface area contributed by atoms with Gasteiger partial charge in [-0.1, -0.05) is 16.9 Å². The van der Waals surface area contributed by atoms with Crippen molar-refractivity contribution in [2.45, 2.75) is 17.5 Å². The lowest BCUT2D eigenvalue weighted by Crippen LogP contribution is -2.11. The molecule has 0 aliphatic rings. The number of carboxylic acids is 1. The molecule has 3 rings (SSSR count). The van der Waals surface area contributed by atoms with Crippen LogP contribution in [0.25, 0.3) is 11.6 Å². The molecule has 0 saturated heterocycles. The third-order valence-corrected chi connectivity index (χ3v) is 3.26. The minimum Gasteiger partial charge on any atom is -0.480 e. The lowest BCUT2D eigenvalue weighted by atomic mass is 10.4. The Morgan fingerprint density at radius 2 is 2.38 bits per heavy atom. The van der Waals surface area contributed by atoms with Gasteiger partial charge >= 0.3 is 5.97 Å². The van der Waals surface area contributed by atoms with Crippen LogP contribution in [0, 0.1) is 0 Å². The summed E-state index contributed by atoms with van der Waals surface area (Å²) in [6, 6.07) is 3.44. The van der Waals surface area contributed by atoms with Gasteiger partial charge in [0.2, 0.25) is 16.9 Å². The highest BCUT2D eigenvalue weighted by molar-refractivity contribution is 7.98. The van der Waals surface area contributed by atoms with E-state index in [0.717, 1.165) is 0 Å². The molecule has 0 bridgehead atoms. The van der Waals surface area contributed by atoms with Gasteiger partial charge in [0, 0.05) is 0 Å². The van der Waals surface area contributed by atoms with Crippen molar-refractivity contribution in [3.05, 3.63) is 24.3 Å². The van der Waals surface area contributed by atoms with Crippen molar-refractivity contribution in [1.29, 1.82) is 0 Å². The zero-order valence-electron chi connectivity index (χ0n) is 10.4. The number of thioether (sulfide) groups is 1. The largest absolute Gasteiger partial charge is 0.480 e. The summed E-state index contributed by atoms with van der Waals surface area (Å²) in [6.07, 6.45) is 1.51. The van der Waals surface area contributed by atoms with Crippen LogP contribution >= 0.6 is 11.8 Å². The molecule has 0 aliphatic carbocycles. The molecule has 11 heteroatoms. The van der Waals surface area contributed by atoms with E-state index in [4.69, 9.17) is 14.0 Å². The third kappa shape index (κ3) is 3.08. The van der Waals surface area contributed by atoms with Crippen LogP contribution in [0.5, 0.6) is 0 Å². The van der Waals surface area contributed by atoms with Crippen molar-refractivity contribution in [2.24, 2.45) is 0 Å². The van der Waals surface area contributed by atoms with Gasteiger partial charge in [0.05, 0.1) is 12.0 Å². The second kappa shape index (κ2) is 5.75. The Labute approximate surface area is 121 Å². The molecule has 0 aromatic carbocycles. The first-order valence-electron chi connectivity index (χ1n) is 5.69. The number of furan rings is 1. The molecule has 0 atom stereocenters. The molecule has 10 nitrogen and oxygen atoms in total. The van der Waals surface area contributed by atoms with E-state index < -0.39 is 5.97 Å². The topological polar surface area (TPSA) is 133 Å². The molecule has 3 aromatic rings. The van der Waals surface area contributed by atoms with Gasteiger partial charge in [-0.25, -0.2) is 4.68 Å². The first kappa shape index (κ1) is 13.3. The van der Waals surface area contributed by atoms with Gasteiger partial charge in [-0.05, 0) is 22.6 Å². The van der Waals surface area contributed by atoms with Crippen LogP contribution in [-0.2, 0) is 17.1 Å². The summed E-state index contributed by atoms with van der Waals surface area (Å²) in [5.74, 6) is 0.498. The van der Waals surface area contributed by atoms with E-state index in [1.54, 1.807) is 12.1 Å².